The number of amides is 1. The molecule has 0 aliphatic heterocycles. The zero-order chi connectivity index (χ0) is 19.0. The zero-order valence-electron chi connectivity index (χ0n) is 14.3. The lowest BCUT2D eigenvalue weighted by atomic mass is 10.1. The highest BCUT2D eigenvalue weighted by atomic mass is 35.5. The second-order valence-electron chi connectivity index (χ2n) is 6.10. The third-order valence-corrected chi connectivity index (χ3v) is 6.01. The van der Waals surface area contributed by atoms with Crippen molar-refractivity contribution in [2.45, 2.75) is 6.92 Å². The molecular formula is C21H14Cl2N2OS. The highest BCUT2D eigenvalue weighted by Gasteiger charge is 2.13. The average molecular weight is 413 g/mol. The Hall–Kier alpha value is -2.40. The smallest absolute Gasteiger partial charge is 0.255 e. The summed E-state index contributed by atoms with van der Waals surface area (Å²) < 4.78 is 1.11. The first-order chi connectivity index (χ1) is 13.0. The number of hydrogen-bond acceptors (Lipinski definition) is 3. The Bertz CT molecular complexity index is 1140. The van der Waals surface area contributed by atoms with Crippen molar-refractivity contribution in [3.05, 3.63) is 81.8 Å². The van der Waals surface area contributed by atoms with Gasteiger partial charge < -0.3 is 5.32 Å². The summed E-state index contributed by atoms with van der Waals surface area (Å²) in [5, 5.41) is 4.76. The van der Waals surface area contributed by atoms with E-state index >= 15 is 0 Å². The summed E-state index contributed by atoms with van der Waals surface area (Å²) in [5.74, 6) is -0.264. The Morgan fingerprint density at radius 3 is 2.59 bits per heavy atom. The van der Waals surface area contributed by atoms with Crippen molar-refractivity contribution in [2.24, 2.45) is 0 Å². The predicted molar refractivity (Wildman–Crippen MR) is 114 cm³/mol. The Balaban J connectivity index is 1.66. The largest absolute Gasteiger partial charge is 0.321 e. The Kier molecular flexibility index (Phi) is 4.87. The monoisotopic (exact) mass is 412 g/mol. The summed E-state index contributed by atoms with van der Waals surface area (Å²) in [7, 11) is 0. The molecule has 0 aliphatic carbocycles. The minimum absolute atomic E-state index is 0.264. The Morgan fingerprint density at radius 1 is 1.00 bits per heavy atom. The van der Waals surface area contributed by atoms with Gasteiger partial charge >= 0.3 is 0 Å². The maximum atomic E-state index is 12.6. The molecule has 3 nitrogen and oxygen atoms in total. The van der Waals surface area contributed by atoms with E-state index in [1.807, 2.05) is 49.4 Å². The van der Waals surface area contributed by atoms with Gasteiger partial charge in [-0.05, 0) is 48.9 Å². The molecule has 4 rings (SSSR count). The molecular weight excluding hydrogens is 399 g/mol. The van der Waals surface area contributed by atoms with Gasteiger partial charge in [-0.3, -0.25) is 4.79 Å². The van der Waals surface area contributed by atoms with Crippen LogP contribution in [0.4, 0.5) is 5.69 Å². The summed E-state index contributed by atoms with van der Waals surface area (Å²) in [5.41, 5.74) is 3.79. The minimum atomic E-state index is -0.264. The number of benzene rings is 3. The molecule has 0 atom stereocenters. The first kappa shape index (κ1) is 18.0. The summed E-state index contributed by atoms with van der Waals surface area (Å²) in [6.07, 6.45) is 0. The van der Waals surface area contributed by atoms with E-state index in [2.05, 4.69) is 10.3 Å². The molecule has 0 saturated heterocycles. The minimum Gasteiger partial charge on any atom is -0.321 e. The van der Waals surface area contributed by atoms with Crippen LogP contribution in [0, 0.1) is 6.92 Å². The summed E-state index contributed by atoms with van der Waals surface area (Å²) in [4.78, 5) is 17.2. The fraction of sp³-hybridized carbons (Fsp3) is 0.0476. The molecule has 1 amide bonds. The molecule has 1 aromatic heterocycles. The molecule has 0 spiro atoms. The van der Waals surface area contributed by atoms with E-state index in [0.717, 1.165) is 26.4 Å². The number of nitrogens with zero attached hydrogens (tertiary/aromatic N) is 1. The van der Waals surface area contributed by atoms with Crippen molar-refractivity contribution in [3.63, 3.8) is 0 Å². The normalized spacial score (nSPS) is 10.9. The number of carbonyl (C=O) groups is 1. The molecule has 4 aromatic rings. The van der Waals surface area contributed by atoms with Crippen molar-refractivity contribution in [2.75, 3.05) is 5.32 Å². The molecule has 1 N–H and O–H groups in total. The van der Waals surface area contributed by atoms with Crippen LogP contribution in [0.5, 0.6) is 0 Å². The maximum absolute atomic E-state index is 12.6. The van der Waals surface area contributed by atoms with E-state index < -0.39 is 0 Å². The number of rotatable bonds is 3. The van der Waals surface area contributed by atoms with Gasteiger partial charge in [-0.15, -0.1) is 11.3 Å². The molecule has 6 heteroatoms. The average Bonchev–Trinajstić information content (AvgIpc) is 3.10. The lowest BCUT2D eigenvalue weighted by molar-refractivity contribution is 0.102. The molecule has 3 aromatic carbocycles. The maximum Gasteiger partial charge on any atom is 0.255 e. The highest BCUT2D eigenvalue weighted by molar-refractivity contribution is 7.21. The Labute approximate surface area is 170 Å². The van der Waals surface area contributed by atoms with E-state index in [0.29, 0.717) is 21.3 Å². The van der Waals surface area contributed by atoms with Crippen LogP contribution in [0.1, 0.15) is 15.9 Å². The number of hydrogen-bond donors (Lipinski definition) is 1. The standard InChI is InChI=1S/C21H14Cl2N2OS/c1-12-6-7-13(10-16(12)23)20(26)24-18-11-14(8-9-15(18)22)21-25-17-4-2-3-5-19(17)27-21/h2-11H,1H3,(H,24,26). The summed E-state index contributed by atoms with van der Waals surface area (Å²) in [6, 6.07) is 18.7. The lowest BCUT2D eigenvalue weighted by Crippen LogP contribution is -2.12. The van der Waals surface area contributed by atoms with Crippen LogP contribution < -0.4 is 5.32 Å². The first-order valence-corrected chi connectivity index (χ1v) is 9.81. The fourth-order valence-corrected chi connectivity index (χ4v) is 3.99. The number of fused-ring (bicyclic) bond motifs is 1. The van der Waals surface area contributed by atoms with Crippen LogP contribution in [0.2, 0.25) is 10.0 Å². The Morgan fingerprint density at radius 2 is 1.81 bits per heavy atom. The molecule has 0 saturated carbocycles. The van der Waals surface area contributed by atoms with Gasteiger partial charge in [0.15, 0.2) is 0 Å². The van der Waals surface area contributed by atoms with E-state index in [4.69, 9.17) is 23.2 Å². The molecule has 0 fully saturated rings. The second kappa shape index (κ2) is 7.31. The van der Waals surface area contributed by atoms with E-state index in [1.165, 1.54) is 0 Å². The summed E-state index contributed by atoms with van der Waals surface area (Å²) in [6.45, 7) is 1.89. The van der Waals surface area contributed by atoms with Gasteiger partial charge in [-0.1, -0.05) is 47.5 Å². The molecule has 1 heterocycles. The van der Waals surface area contributed by atoms with Gasteiger partial charge in [0.2, 0.25) is 0 Å². The van der Waals surface area contributed by atoms with Crippen molar-refractivity contribution >= 4 is 56.3 Å². The van der Waals surface area contributed by atoms with Crippen LogP contribution in [0.3, 0.4) is 0 Å². The van der Waals surface area contributed by atoms with E-state index in [1.54, 1.807) is 29.5 Å². The van der Waals surface area contributed by atoms with Crippen LogP contribution >= 0.6 is 34.5 Å². The fourth-order valence-electron chi connectivity index (χ4n) is 2.68. The topological polar surface area (TPSA) is 42.0 Å². The van der Waals surface area contributed by atoms with Gasteiger partial charge in [0.25, 0.3) is 5.91 Å². The zero-order valence-corrected chi connectivity index (χ0v) is 16.6. The molecule has 27 heavy (non-hydrogen) atoms. The SMILES string of the molecule is Cc1ccc(C(=O)Nc2cc(-c3nc4ccccc4s3)ccc2Cl)cc1Cl. The molecule has 0 radical (unpaired) electrons. The predicted octanol–water partition coefficient (Wildman–Crippen LogP) is 6.83. The van der Waals surface area contributed by atoms with Crippen LogP contribution in [0.25, 0.3) is 20.8 Å². The van der Waals surface area contributed by atoms with Gasteiger partial charge in [0.05, 0.1) is 20.9 Å². The lowest BCUT2D eigenvalue weighted by Gasteiger charge is -2.09. The molecule has 0 aliphatic rings. The number of nitrogens with one attached hydrogen (secondary N) is 1. The van der Waals surface area contributed by atoms with Gasteiger partial charge in [-0.25, -0.2) is 4.98 Å². The first-order valence-electron chi connectivity index (χ1n) is 8.24. The highest BCUT2D eigenvalue weighted by Crippen LogP contribution is 2.34. The van der Waals surface area contributed by atoms with Gasteiger partial charge in [0, 0.05) is 16.1 Å². The van der Waals surface area contributed by atoms with Gasteiger partial charge in [-0.2, -0.15) is 0 Å². The van der Waals surface area contributed by atoms with Crippen molar-refractivity contribution < 1.29 is 4.79 Å². The number of anilines is 1. The van der Waals surface area contributed by atoms with E-state index in [-0.39, 0.29) is 5.91 Å². The number of para-hydroxylation sites is 1. The van der Waals surface area contributed by atoms with Gasteiger partial charge in [0.1, 0.15) is 5.01 Å². The number of aromatic nitrogens is 1. The van der Waals surface area contributed by atoms with Crippen LogP contribution in [0.15, 0.2) is 60.7 Å². The number of halogens is 2. The number of thiazole rings is 1. The summed E-state index contributed by atoms with van der Waals surface area (Å²) >= 11 is 14.0. The van der Waals surface area contributed by atoms with Crippen LogP contribution in [-0.2, 0) is 0 Å². The molecule has 134 valence electrons. The number of carbonyl (C=O) groups excluding carboxylic acids is 1. The third-order valence-electron chi connectivity index (χ3n) is 4.19. The van der Waals surface area contributed by atoms with Crippen molar-refractivity contribution in [1.82, 2.24) is 4.98 Å². The number of aryl methyl sites for hydroxylation is 1. The second-order valence-corrected chi connectivity index (χ2v) is 7.94. The quantitative estimate of drug-likeness (QED) is 0.400. The molecule has 0 unspecified atom stereocenters. The van der Waals surface area contributed by atoms with Crippen molar-refractivity contribution in [1.29, 1.82) is 0 Å². The third kappa shape index (κ3) is 3.69. The van der Waals surface area contributed by atoms with Crippen LogP contribution in [-0.4, -0.2) is 10.9 Å². The van der Waals surface area contributed by atoms with Crippen molar-refractivity contribution in [3.8, 4) is 10.6 Å². The van der Waals surface area contributed by atoms with E-state index in [9.17, 15) is 4.79 Å². The molecule has 0 bridgehead atoms.